The molecular formula is C37H75Cl3OSi. The Balaban J connectivity index is 3.04. The first-order chi connectivity index (χ1) is 20.6. The predicted octanol–water partition coefficient (Wildman–Crippen LogP) is 15.3. The Bertz CT molecular complexity index is 486. The highest BCUT2D eigenvalue weighted by Crippen LogP contribution is 2.27. The molecule has 0 atom stereocenters. The lowest BCUT2D eigenvalue weighted by atomic mass is 10.0. The lowest BCUT2D eigenvalue weighted by Gasteiger charge is -2.07. The van der Waals surface area contributed by atoms with Gasteiger partial charge in [-0.1, -0.05) is 218 Å². The average Bonchev–Trinajstić information content (AvgIpc) is 2.96. The van der Waals surface area contributed by atoms with Crippen molar-refractivity contribution in [2.24, 2.45) is 0 Å². The van der Waals surface area contributed by atoms with E-state index in [0.717, 1.165) is 18.9 Å². The third-order valence-electron chi connectivity index (χ3n) is 9.12. The van der Waals surface area contributed by atoms with Gasteiger partial charge in [0, 0.05) is 6.61 Å². The van der Waals surface area contributed by atoms with Crippen LogP contribution in [0.25, 0.3) is 0 Å². The maximum Gasteiger partial charge on any atom is 0.341 e. The summed E-state index contributed by atoms with van der Waals surface area (Å²) in [5.41, 5.74) is 0. The van der Waals surface area contributed by atoms with E-state index >= 15 is 0 Å². The molecule has 0 radical (unpaired) electrons. The van der Waals surface area contributed by atoms with Crippen LogP contribution in [-0.2, 0) is 0 Å². The fraction of sp³-hybridized carbons (Fsp3) is 1.00. The van der Waals surface area contributed by atoms with Gasteiger partial charge in [-0.05, 0) is 12.5 Å². The Morgan fingerprint density at radius 3 is 0.524 bits per heavy atom. The highest BCUT2D eigenvalue weighted by molar-refractivity contribution is 7.64. The van der Waals surface area contributed by atoms with E-state index in [4.69, 9.17) is 38.3 Å². The molecule has 0 heterocycles. The highest BCUT2D eigenvalue weighted by atomic mass is 35.8. The summed E-state index contributed by atoms with van der Waals surface area (Å²) >= 11 is 17.8. The standard InChI is InChI=1S/C37H75Cl3OSi/c38-42(39,40)37-35-33-31-29-27-25-23-21-19-17-15-13-11-9-7-5-3-1-2-4-6-8-10-12-14-16-18-20-22-24-26-28-30-32-34-36-41/h41H,1-37H2. The lowest BCUT2D eigenvalue weighted by molar-refractivity contribution is 0.282. The molecule has 0 aromatic rings. The third-order valence-corrected chi connectivity index (χ3v) is 11.7. The highest BCUT2D eigenvalue weighted by Gasteiger charge is 2.23. The van der Waals surface area contributed by atoms with Crippen LogP contribution in [0, 0.1) is 0 Å². The zero-order valence-electron chi connectivity index (χ0n) is 28.2. The monoisotopic (exact) mass is 668 g/mol. The molecule has 0 saturated carbocycles. The Hall–Kier alpha value is 1.05. The molecule has 0 aromatic carbocycles. The van der Waals surface area contributed by atoms with Crippen LogP contribution in [0.3, 0.4) is 0 Å². The van der Waals surface area contributed by atoms with Gasteiger partial charge in [0.1, 0.15) is 0 Å². The minimum atomic E-state index is -2.37. The second-order valence-corrected chi connectivity index (χ2v) is 22.7. The van der Waals surface area contributed by atoms with Crippen LogP contribution in [0.1, 0.15) is 225 Å². The van der Waals surface area contributed by atoms with Crippen molar-refractivity contribution in [2.75, 3.05) is 6.61 Å². The second kappa shape index (κ2) is 36.5. The zero-order valence-corrected chi connectivity index (χ0v) is 31.5. The van der Waals surface area contributed by atoms with Crippen LogP contribution < -0.4 is 0 Å². The van der Waals surface area contributed by atoms with E-state index in [0.29, 0.717) is 6.61 Å². The van der Waals surface area contributed by atoms with Gasteiger partial charge in [-0.25, -0.2) is 0 Å². The number of rotatable bonds is 37. The summed E-state index contributed by atoms with van der Waals surface area (Å²) in [7, 11) is 0. The molecule has 0 fully saturated rings. The first-order valence-electron chi connectivity index (χ1n) is 19.2. The number of aliphatic hydroxyl groups excluding tert-OH is 1. The topological polar surface area (TPSA) is 20.2 Å². The van der Waals surface area contributed by atoms with Gasteiger partial charge in [0.25, 0.3) is 0 Å². The summed E-state index contributed by atoms with van der Waals surface area (Å²) < 4.78 is 0. The van der Waals surface area contributed by atoms with Crippen LogP contribution in [0.15, 0.2) is 0 Å². The average molecular weight is 670 g/mol. The van der Waals surface area contributed by atoms with Crippen molar-refractivity contribution in [3.8, 4) is 0 Å². The van der Waals surface area contributed by atoms with Gasteiger partial charge in [-0.2, -0.15) is 0 Å². The quantitative estimate of drug-likeness (QED) is 0.0396. The van der Waals surface area contributed by atoms with E-state index < -0.39 is 6.00 Å². The summed E-state index contributed by atoms with van der Waals surface area (Å²) in [4.78, 5) is 0. The first-order valence-corrected chi connectivity index (χ1v) is 24.5. The van der Waals surface area contributed by atoms with E-state index in [2.05, 4.69) is 0 Å². The van der Waals surface area contributed by atoms with Crippen molar-refractivity contribution < 1.29 is 5.11 Å². The van der Waals surface area contributed by atoms with Crippen molar-refractivity contribution in [1.29, 1.82) is 0 Å². The Kier molecular flexibility index (Phi) is 37.4. The molecule has 0 aromatic heterocycles. The van der Waals surface area contributed by atoms with E-state index in [1.807, 2.05) is 0 Å². The molecule has 42 heavy (non-hydrogen) atoms. The van der Waals surface area contributed by atoms with E-state index in [9.17, 15) is 0 Å². The van der Waals surface area contributed by atoms with E-state index in [-0.39, 0.29) is 0 Å². The van der Waals surface area contributed by atoms with Crippen LogP contribution in [-0.4, -0.2) is 17.7 Å². The number of halogens is 3. The van der Waals surface area contributed by atoms with Gasteiger partial charge in [0.2, 0.25) is 0 Å². The fourth-order valence-electron chi connectivity index (χ4n) is 6.27. The summed E-state index contributed by atoms with van der Waals surface area (Å²) in [6.45, 7) is 0.370. The van der Waals surface area contributed by atoms with E-state index in [1.165, 1.54) is 212 Å². The Morgan fingerprint density at radius 1 is 0.238 bits per heavy atom. The van der Waals surface area contributed by atoms with Gasteiger partial charge in [-0.15, -0.1) is 33.2 Å². The molecule has 0 unspecified atom stereocenters. The maximum atomic E-state index is 8.79. The first kappa shape index (κ1) is 43.0. The molecular weight excluding hydrogens is 595 g/mol. The molecule has 0 spiro atoms. The van der Waals surface area contributed by atoms with Crippen LogP contribution in [0.5, 0.6) is 0 Å². The molecule has 1 N–H and O–H groups in total. The summed E-state index contributed by atoms with van der Waals surface area (Å²) in [6.07, 6.45) is 49.1. The second-order valence-electron chi connectivity index (χ2n) is 13.5. The molecule has 0 aliphatic carbocycles. The van der Waals surface area contributed by atoms with Gasteiger partial charge in [-0.3, -0.25) is 0 Å². The molecule has 1 nitrogen and oxygen atoms in total. The molecule has 0 saturated heterocycles. The van der Waals surface area contributed by atoms with Crippen LogP contribution in [0.4, 0.5) is 0 Å². The van der Waals surface area contributed by atoms with Crippen LogP contribution >= 0.6 is 33.2 Å². The maximum absolute atomic E-state index is 8.79. The lowest BCUT2D eigenvalue weighted by Crippen LogP contribution is -2.07. The largest absolute Gasteiger partial charge is 0.396 e. The summed E-state index contributed by atoms with van der Waals surface area (Å²) in [5.74, 6) is 0. The number of hydrogen-bond donors (Lipinski definition) is 1. The minimum Gasteiger partial charge on any atom is -0.396 e. The molecule has 254 valence electrons. The third kappa shape index (κ3) is 41.0. The normalized spacial score (nSPS) is 12.0. The smallest absolute Gasteiger partial charge is 0.341 e. The van der Waals surface area contributed by atoms with Gasteiger partial charge in [0.15, 0.2) is 0 Å². The molecule has 0 aliphatic heterocycles. The number of hydrogen-bond acceptors (Lipinski definition) is 1. The molecule has 5 heteroatoms. The minimum absolute atomic E-state index is 0.370. The number of aliphatic hydroxyl groups is 1. The molecule has 0 rings (SSSR count). The SMILES string of the molecule is OCCCCCCCCCCCCCCCCCCCCCCCCCCCCCCCCCCCCC[Si](Cl)(Cl)Cl. The van der Waals surface area contributed by atoms with Gasteiger partial charge >= 0.3 is 6.00 Å². The van der Waals surface area contributed by atoms with Crippen molar-refractivity contribution >= 4 is 39.2 Å². The summed E-state index contributed by atoms with van der Waals surface area (Å²) in [5, 5.41) is 8.79. The molecule has 0 amide bonds. The van der Waals surface area contributed by atoms with E-state index in [1.54, 1.807) is 0 Å². The van der Waals surface area contributed by atoms with Crippen LogP contribution in [0.2, 0.25) is 6.04 Å². The zero-order chi connectivity index (χ0) is 30.7. The predicted molar refractivity (Wildman–Crippen MR) is 197 cm³/mol. The van der Waals surface area contributed by atoms with Crippen molar-refractivity contribution in [2.45, 2.75) is 231 Å². The molecule has 0 aliphatic rings. The van der Waals surface area contributed by atoms with Gasteiger partial charge < -0.3 is 5.11 Å². The Labute approximate surface area is 280 Å². The van der Waals surface area contributed by atoms with Crippen molar-refractivity contribution in [1.82, 2.24) is 0 Å². The Morgan fingerprint density at radius 2 is 0.381 bits per heavy atom. The fourth-order valence-corrected chi connectivity index (χ4v) is 8.12. The van der Waals surface area contributed by atoms with Gasteiger partial charge in [0.05, 0.1) is 0 Å². The number of unbranched alkanes of at least 4 members (excludes halogenated alkanes) is 34. The molecule has 0 bridgehead atoms. The van der Waals surface area contributed by atoms with Crippen molar-refractivity contribution in [3.63, 3.8) is 0 Å². The van der Waals surface area contributed by atoms with Crippen molar-refractivity contribution in [3.05, 3.63) is 0 Å². The summed E-state index contributed by atoms with van der Waals surface area (Å²) in [6, 6.07) is -1.54.